The monoisotopic (exact) mass is 496 g/mol. The van der Waals surface area contributed by atoms with E-state index in [2.05, 4.69) is 10.4 Å². The van der Waals surface area contributed by atoms with E-state index in [0.717, 1.165) is 12.1 Å². The zero-order valence-corrected chi connectivity index (χ0v) is 18.2. The van der Waals surface area contributed by atoms with Crippen molar-refractivity contribution in [1.82, 2.24) is 9.78 Å². The maximum atomic E-state index is 12.8. The average Bonchev–Trinajstić information content (AvgIpc) is 3.14. The first-order chi connectivity index (χ1) is 15.9. The molecule has 13 heteroatoms. The number of hydrogen-bond acceptors (Lipinski definition) is 6. The van der Waals surface area contributed by atoms with Crippen LogP contribution < -0.4 is 5.32 Å². The molecule has 0 aliphatic carbocycles. The van der Waals surface area contributed by atoms with Gasteiger partial charge < -0.3 is 20.2 Å². The maximum Gasteiger partial charge on any atom is 0.416 e. The summed E-state index contributed by atoms with van der Waals surface area (Å²) in [5.41, 5.74) is 0.147. The number of nitro groups is 1. The quantitative estimate of drug-likeness (QED) is 0.290. The molecule has 0 spiro atoms. The van der Waals surface area contributed by atoms with Crippen molar-refractivity contribution in [3.8, 4) is 0 Å². The van der Waals surface area contributed by atoms with Gasteiger partial charge in [0.15, 0.2) is 6.61 Å². The molecule has 1 N–H and O–H groups in total. The van der Waals surface area contributed by atoms with E-state index in [1.807, 2.05) is 0 Å². The lowest BCUT2D eigenvalue weighted by molar-refractivity contribution is -0.389. The van der Waals surface area contributed by atoms with Crippen LogP contribution in [0.2, 0.25) is 5.02 Å². The van der Waals surface area contributed by atoms with Crippen LogP contribution in [0.3, 0.4) is 0 Å². The number of aromatic nitrogens is 2. The van der Waals surface area contributed by atoms with Crippen LogP contribution in [0.1, 0.15) is 27.2 Å². The molecule has 0 aliphatic rings. The van der Waals surface area contributed by atoms with Gasteiger partial charge in [-0.2, -0.15) is 17.9 Å². The Labute approximate surface area is 195 Å². The summed E-state index contributed by atoms with van der Waals surface area (Å²) in [5, 5.41) is 16.8. The summed E-state index contributed by atoms with van der Waals surface area (Å²) in [4.78, 5) is 34.4. The van der Waals surface area contributed by atoms with Crippen LogP contribution in [0, 0.1) is 17.0 Å². The largest absolute Gasteiger partial charge is 0.452 e. The maximum absolute atomic E-state index is 12.8. The van der Waals surface area contributed by atoms with E-state index in [-0.39, 0.29) is 28.6 Å². The van der Waals surface area contributed by atoms with Crippen LogP contribution in [0.15, 0.2) is 48.5 Å². The van der Waals surface area contributed by atoms with E-state index in [9.17, 15) is 32.9 Å². The van der Waals surface area contributed by atoms with Gasteiger partial charge in [-0.05, 0) is 47.7 Å². The summed E-state index contributed by atoms with van der Waals surface area (Å²) in [7, 11) is 0. The molecule has 1 heterocycles. The highest BCUT2D eigenvalue weighted by Gasteiger charge is 2.31. The van der Waals surface area contributed by atoms with E-state index < -0.39 is 35.1 Å². The number of ether oxygens (including phenoxy) is 1. The SMILES string of the molecule is Cc1cc([N+](=O)[O-])nn1Cc1ccc(C(=O)OCC(=O)Nc2cc(C(F)(F)F)ccc2Cl)cc1. The predicted octanol–water partition coefficient (Wildman–Crippen LogP) is 4.62. The Morgan fingerprint density at radius 3 is 2.44 bits per heavy atom. The Bertz CT molecular complexity index is 1240. The summed E-state index contributed by atoms with van der Waals surface area (Å²) < 4.78 is 44.8. The number of hydrogen-bond donors (Lipinski definition) is 1. The fraction of sp³-hybridized carbons (Fsp3) is 0.190. The molecule has 2 aromatic carbocycles. The summed E-state index contributed by atoms with van der Waals surface area (Å²) in [6.45, 7) is 1.15. The number of rotatable bonds is 7. The molecule has 34 heavy (non-hydrogen) atoms. The molecule has 9 nitrogen and oxygen atoms in total. The predicted molar refractivity (Wildman–Crippen MR) is 115 cm³/mol. The molecular formula is C21H16ClF3N4O5. The summed E-state index contributed by atoms with van der Waals surface area (Å²) in [6, 6.07) is 9.84. The second-order valence-corrected chi connectivity index (χ2v) is 7.48. The highest BCUT2D eigenvalue weighted by atomic mass is 35.5. The molecular weight excluding hydrogens is 481 g/mol. The molecule has 0 saturated heterocycles. The number of benzene rings is 2. The van der Waals surface area contributed by atoms with Gasteiger partial charge in [-0.25, -0.2) is 4.79 Å². The van der Waals surface area contributed by atoms with Crippen molar-refractivity contribution in [2.45, 2.75) is 19.6 Å². The van der Waals surface area contributed by atoms with Crippen molar-refractivity contribution in [2.75, 3.05) is 11.9 Å². The molecule has 1 aromatic heterocycles. The third kappa shape index (κ3) is 6.10. The second-order valence-electron chi connectivity index (χ2n) is 7.07. The first-order valence-corrected chi connectivity index (χ1v) is 9.93. The molecule has 3 aromatic rings. The first kappa shape index (κ1) is 24.7. The van der Waals surface area contributed by atoms with Gasteiger partial charge in [0, 0.05) is 0 Å². The van der Waals surface area contributed by atoms with E-state index in [1.165, 1.54) is 22.9 Å². The fourth-order valence-electron chi connectivity index (χ4n) is 2.86. The van der Waals surface area contributed by atoms with Crippen molar-refractivity contribution >= 4 is 35.0 Å². The number of amides is 1. The third-order valence-corrected chi connectivity index (χ3v) is 4.91. The Kier molecular flexibility index (Phi) is 7.20. The topological polar surface area (TPSA) is 116 Å². The Morgan fingerprint density at radius 1 is 1.18 bits per heavy atom. The van der Waals surface area contributed by atoms with Crippen molar-refractivity contribution in [2.24, 2.45) is 0 Å². The molecule has 0 saturated carbocycles. The number of halogens is 4. The molecule has 0 unspecified atom stereocenters. The molecule has 0 radical (unpaired) electrons. The van der Waals surface area contributed by atoms with Gasteiger partial charge in [0.1, 0.15) is 0 Å². The molecule has 0 atom stereocenters. The third-order valence-electron chi connectivity index (χ3n) is 4.58. The van der Waals surface area contributed by atoms with Crippen molar-refractivity contribution in [3.63, 3.8) is 0 Å². The number of aryl methyl sites for hydroxylation is 1. The lowest BCUT2D eigenvalue weighted by atomic mass is 10.1. The first-order valence-electron chi connectivity index (χ1n) is 9.55. The number of esters is 1. The van der Waals surface area contributed by atoms with E-state index >= 15 is 0 Å². The number of carbonyl (C=O) groups excluding carboxylic acids is 2. The highest BCUT2D eigenvalue weighted by Crippen LogP contribution is 2.33. The van der Waals surface area contributed by atoms with Gasteiger partial charge in [-0.3, -0.25) is 4.79 Å². The summed E-state index contributed by atoms with van der Waals surface area (Å²) >= 11 is 5.82. The zero-order valence-electron chi connectivity index (χ0n) is 17.4. The second kappa shape index (κ2) is 9.91. The number of anilines is 1. The van der Waals surface area contributed by atoms with Crippen LogP contribution in [0.5, 0.6) is 0 Å². The average molecular weight is 497 g/mol. The smallest absolute Gasteiger partial charge is 0.416 e. The number of alkyl halides is 3. The highest BCUT2D eigenvalue weighted by molar-refractivity contribution is 6.33. The molecule has 1 amide bonds. The number of nitrogens with one attached hydrogen (secondary N) is 1. The minimum Gasteiger partial charge on any atom is -0.452 e. The van der Waals surface area contributed by atoms with Crippen molar-refractivity contribution in [1.29, 1.82) is 0 Å². The Morgan fingerprint density at radius 2 is 1.85 bits per heavy atom. The number of carbonyl (C=O) groups is 2. The lowest BCUT2D eigenvalue weighted by Crippen LogP contribution is -2.21. The van der Waals surface area contributed by atoms with Crippen LogP contribution in [0.4, 0.5) is 24.7 Å². The molecule has 3 rings (SSSR count). The Hall–Kier alpha value is -3.93. The number of nitrogens with zero attached hydrogens (tertiary/aromatic N) is 3. The van der Waals surface area contributed by atoms with Gasteiger partial charge >= 0.3 is 18.0 Å². The van der Waals surface area contributed by atoms with E-state index in [0.29, 0.717) is 17.3 Å². The van der Waals surface area contributed by atoms with Gasteiger partial charge in [0.2, 0.25) is 0 Å². The summed E-state index contributed by atoms with van der Waals surface area (Å²) in [6.07, 6.45) is -4.62. The molecule has 0 fully saturated rings. The molecule has 0 bridgehead atoms. The van der Waals surface area contributed by atoms with E-state index in [4.69, 9.17) is 16.3 Å². The Balaban J connectivity index is 1.57. The van der Waals surface area contributed by atoms with Gasteiger partial charge in [0.05, 0.1) is 45.2 Å². The van der Waals surface area contributed by atoms with Gasteiger partial charge in [-0.15, -0.1) is 0 Å². The van der Waals surface area contributed by atoms with Crippen LogP contribution in [-0.4, -0.2) is 33.2 Å². The molecule has 178 valence electrons. The van der Waals surface area contributed by atoms with Crippen LogP contribution >= 0.6 is 11.6 Å². The van der Waals surface area contributed by atoms with Crippen molar-refractivity contribution in [3.05, 3.63) is 86.1 Å². The summed E-state index contributed by atoms with van der Waals surface area (Å²) in [5.74, 6) is -1.98. The van der Waals surface area contributed by atoms with Crippen LogP contribution in [-0.2, 0) is 22.3 Å². The normalized spacial score (nSPS) is 11.2. The molecule has 0 aliphatic heterocycles. The van der Waals surface area contributed by atoms with Crippen LogP contribution in [0.25, 0.3) is 0 Å². The fourth-order valence-corrected chi connectivity index (χ4v) is 3.02. The van der Waals surface area contributed by atoms with Gasteiger partial charge in [0.25, 0.3) is 5.91 Å². The van der Waals surface area contributed by atoms with Crippen molar-refractivity contribution < 1.29 is 32.4 Å². The lowest BCUT2D eigenvalue weighted by Gasteiger charge is -2.12. The zero-order chi connectivity index (χ0) is 25.0. The standard InChI is InChI=1S/C21H16ClF3N4O5/c1-12-8-18(29(32)33)27-28(12)10-13-2-4-14(5-3-13)20(31)34-11-19(30)26-17-9-15(21(23,24)25)6-7-16(17)22/h2-9H,10-11H2,1H3,(H,26,30). The minimum absolute atomic E-state index is 0.110. The van der Waals surface area contributed by atoms with Gasteiger partial charge in [-0.1, -0.05) is 23.7 Å². The van der Waals surface area contributed by atoms with E-state index in [1.54, 1.807) is 19.1 Å². The minimum atomic E-state index is -4.62.